The summed E-state index contributed by atoms with van der Waals surface area (Å²) in [5.41, 5.74) is 1.74. The Hall–Kier alpha value is -2.63. The Morgan fingerprint density at radius 3 is 2.83 bits per heavy atom. The van der Waals surface area contributed by atoms with Crippen molar-refractivity contribution in [1.29, 1.82) is 0 Å². The van der Waals surface area contributed by atoms with Crippen LogP contribution in [0.5, 0.6) is 0 Å². The van der Waals surface area contributed by atoms with E-state index in [0.29, 0.717) is 30.4 Å². The minimum absolute atomic E-state index is 0.0175. The van der Waals surface area contributed by atoms with Crippen molar-refractivity contribution in [3.8, 4) is 0 Å². The standard InChI is InChI=1S/C18H22N4O2/c1-4-8-17-19-16(20-24-17)12-22(5-2)18(23)14-11-21(3)15-10-7-6-9-13(14)15/h6-7,9-11H,4-5,8,12H2,1-3H3. The van der Waals surface area contributed by atoms with Gasteiger partial charge in [0.15, 0.2) is 5.82 Å². The van der Waals surface area contributed by atoms with Gasteiger partial charge in [0.05, 0.1) is 12.1 Å². The quantitative estimate of drug-likeness (QED) is 0.698. The Morgan fingerprint density at radius 2 is 2.08 bits per heavy atom. The third-order valence-corrected chi connectivity index (χ3v) is 4.10. The molecule has 0 bridgehead atoms. The molecule has 126 valence electrons. The molecule has 3 rings (SSSR count). The fraction of sp³-hybridized carbons (Fsp3) is 0.389. The van der Waals surface area contributed by atoms with Crippen LogP contribution in [0.15, 0.2) is 35.0 Å². The predicted octanol–water partition coefficient (Wildman–Crippen LogP) is 3.18. The van der Waals surface area contributed by atoms with E-state index < -0.39 is 0 Å². The first-order valence-electron chi connectivity index (χ1n) is 8.28. The Morgan fingerprint density at radius 1 is 1.29 bits per heavy atom. The minimum Gasteiger partial charge on any atom is -0.350 e. The van der Waals surface area contributed by atoms with Gasteiger partial charge in [-0.25, -0.2) is 0 Å². The molecule has 0 unspecified atom stereocenters. The van der Waals surface area contributed by atoms with Gasteiger partial charge in [0, 0.05) is 37.1 Å². The first-order valence-corrected chi connectivity index (χ1v) is 8.28. The van der Waals surface area contributed by atoms with Gasteiger partial charge in [-0.3, -0.25) is 4.79 Å². The molecule has 1 amide bonds. The molecule has 6 nitrogen and oxygen atoms in total. The van der Waals surface area contributed by atoms with E-state index in [1.807, 2.05) is 49.0 Å². The largest absolute Gasteiger partial charge is 0.350 e. The number of fused-ring (bicyclic) bond motifs is 1. The van der Waals surface area contributed by atoms with Crippen LogP contribution < -0.4 is 0 Å². The van der Waals surface area contributed by atoms with Crippen LogP contribution >= 0.6 is 0 Å². The summed E-state index contributed by atoms with van der Waals surface area (Å²) in [6, 6.07) is 7.91. The number of aromatic nitrogens is 3. The number of hydrogen-bond donors (Lipinski definition) is 0. The molecule has 6 heteroatoms. The van der Waals surface area contributed by atoms with Crippen LogP contribution in [0, 0.1) is 0 Å². The second kappa shape index (κ2) is 6.86. The zero-order valence-corrected chi connectivity index (χ0v) is 14.3. The normalized spacial score (nSPS) is 11.1. The molecule has 1 aromatic carbocycles. The van der Waals surface area contributed by atoms with Crippen molar-refractivity contribution in [3.05, 3.63) is 47.7 Å². The van der Waals surface area contributed by atoms with Crippen molar-refractivity contribution in [2.75, 3.05) is 6.54 Å². The summed E-state index contributed by atoms with van der Waals surface area (Å²) >= 11 is 0. The number of carbonyl (C=O) groups is 1. The highest BCUT2D eigenvalue weighted by molar-refractivity contribution is 6.06. The van der Waals surface area contributed by atoms with Gasteiger partial charge in [-0.1, -0.05) is 30.3 Å². The van der Waals surface area contributed by atoms with E-state index in [4.69, 9.17) is 4.52 Å². The van der Waals surface area contributed by atoms with E-state index in [1.54, 1.807) is 4.90 Å². The van der Waals surface area contributed by atoms with E-state index in [0.717, 1.165) is 23.7 Å². The van der Waals surface area contributed by atoms with Gasteiger partial charge in [0.25, 0.3) is 5.91 Å². The second-order valence-corrected chi connectivity index (χ2v) is 5.84. The lowest BCUT2D eigenvalue weighted by molar-refractivity contribution is 0.0749. The lowest BCUT2D eigenvalue weighted by Crippen LogP contribution is -2.30. The molecule has 2 aromatic heterocycles. The molecule has 0 spiro atoms. The smallest absolute Gasteiger partial charge is 0.256 e. The van der Waals surface area contributed by atoms with Gasteiger partial charge < -0.3 is 14.0 Å². The van der Waals surface area contributed by atoms with Crippen molar-refractivity contribution in [2.45, 2.75) is 33.2 Å². The molecule has 2 heterocycles. The predicted molar refractivity (Wildman–Crippen MR) is 91.6 cm³/mol. The lowest BCUT2D eigenvalue weighted by atomic mass is 10.1. The first-order chi connectivity index (χ1) is 11.6. The Kier molecular flexibility index (Phi) is 4.64. The highest BCUT2D eigenvalue weighted by Crippen LogP contribution is 2.22. The molecular formula is C18H22N4O2. The van der Waals surface area contributed by atoms with Gasteiger partial charge in [0.1, 0.15) is 0 Å². The van der Waals surface area contributed by atoms with Crippen LogP contribution in [0.25, 0.3) is 10.9 Å². The fourth-order valence-electron chi connectivity index (χ4n) is 2.85. The van der Waals surface area contributed by atoms with Crippen molar-refractivity contribution in [3.63, 3.8) is 0 Å². The molecule has 0 saturated heterocycles. The molecule has 0 radical (unpaired) electrons. The summed E-state index contributed by atoms with van der Waals surface area (Å²) in [5.74, 6) is 1.16. The fourth-order valence-corrected chi connectivity index (χ4v) is 2.85. The van der Waals surface area contributed by atoms with Crippen molar-refractivity contribution < 1.29 is 9.32 Å². The Balaban J connectivity index is 1.85. The van der Waals surface area contributed by atoms with Crippen LogP contribution in [0.3, 0.4) is 0 Å². The summed E-state index contributed by atoms with van der Waals surface area (Å²) in [6.45, 7) is 4.95. The van der Waals surface area contributed by atoms with E-state index in [1.165, 1.54) is 0 Å². The molecule has 3 aromatic rings. The summed E-state index contributed by atoms with van der Waals surface area (Å²) in [5, 5.41) is 4.94. The average Bonchev–Trinajstić information content (AvgIpc) is 3.17. The number of para-hydroxylation sites is 1. The van der Waals surface area contributed by atoms with Crippen LogP contribution in [0.2, 0.25) is 0 Å². The number of amides is 1. The minimum atomic E-state index is -0.0175. The molecule has 0 fully saturated rings. The second-order valence-electron chi connectivity index (χ2n) is 5.84. The van der Waals surface area contributed by atoms with E-state index in [9.17, 15) is 4.79 Å². The van der Waals surface area contributed by atoms with Crippen molar-refractivity contribution in [2.24, 2.45) is 7.05 Å². The van der Waals surface area contributed by atoms with Crippen LogP contribution in [-0.2, 0) is 20.0 Å². The van der Waals surface area contributed by atoms with Gasteiger partial charge in [-0.05, 0) is 19.4 Å². The molecule has 0 aliphatic heterocycles. The highest BCUT2D eigenvalue weighted by Gasteiger charge is 2.21. The third-order valence-electron chi connectivity index (χ3n) is 4.10. The Labute approximate surface area is 141 Å². The van der Waals surface area contributed by atoms with Gasteiger partial charge in [0.2, 0.25) is 5.89 Å². The van der Waals surface area contributed by atoms with Crippen LogP contribution in [-0.4, -0.2) is 32.1 Å². The molecule has 0 N–H and O–H groups in total. The van der Waals surface area contributed by atoms with E-state index >= 15 is 0 Å². The number of rotatable bonds is 6. The monoisotopic (exact) mass is 326 g/mol. The van der Waals surface area contributed by atoms with Crippen molar-refractivity contribution in [1.82, 2.24) is 19.6 Å². The molecule has 0 saturated carbocycles. The van der Waals surface area contributed by atoms with Gasteiger partial charge >= 0.3 is 0 Å². The molecular weight excluding hydrogens is 304 g/mol. The average molecular weight is 326 g/mol. The van der Waals surface area contributed by atoms with Gasteiger partial charge in [-0.15, -0.1) is 0 Å². The number of aryl methyl sites for hydroxylation is 2. The SMILES string of the molecule is CCCc1nc(CN(CC)C(=O)c2cn(C)c3ccccc23)no1. The van der Waals surface area contributed by atoms with E-state index in [2.05, 4.69) is 17.1 Å². The molecule has 0 atom stereocenters. The first kappa shape index (κ1) is 16.2. The van der Waals surface area contributed by atoms with Crippen LogP contribution in [0.1, 0.15) is 42.3 Å². The molecule has 24 heavy (non-hydrogen) atoms. The zero-order chi connectivity index (χ0) is 17.1. The van der Waals surface area contributed by atoms with Crippen LogP contribution in [0.4, 0.5) is 0 Å². The number of benzene rings is 1. The topological polar surface area (TPSA) is 64.2 Å². The zero-order valence-electron chi connectivity index (χ0n) is 14.3. The summed E-state index contributed by atoms with van der Waals surface area (Å²) in [7, 11) is 1.95. The summed E-state index contributed by atoms with van der Waals surface area (Å²) < 4.78 is 7.18. The maximum Gasteiger partial charge on any atom is 0.256 e. The lowest BCUT2D eigenvalue weighted by Gasteiger charge is -2.18. The van der Waals surface area contributed by atoms with Crippen molar-refractivity contribution >= 4 is 16.8 Å². The van der Waals surface area contributed by atoms with Gasteiger partial charge in [-0.2, -0.15) is 4.98 Å². The maximum atomic E-state index is 13.0. The molecule has 0 aliphatic rings. The van der Waals surface area contributed by atoms with E-state index in [-0.39, 0.29) is 5.91 Å². The number of nitrogens with zero attached hydrogens (tertiary/aromatic N) is 4. The number of carbonyl (C=O) groups excluding carboxylic acids is 1. The maximum absolute atomic E-state index is 13.0. The summed E-state index contributed by atoms with van der Waals surface area (Å²) in [6.07, 6.45) is 3.60. The Bertz CT molecular complexity index is 850. The highest BCUT2D eigenvalue weighted by atomic mass is 16.5. The third kappa shape index (κ3) is 3.04. The molecule has 0 aliphatic carbocycles. The summed E-state index contributed by atoms with van der Waals surface area (Å²) in [4.78, 5) is 19.1. The number of hydrogen-bond acceptors (Lipinski definition) is 4.